The summed E-state index contributed by atoms with van der Waals surface area (Å²) in [6.07, 6.45) is -0.530. The van der Waals surface area contributed by atoms with Gasteiger partial charge in [0.05, 0.1) is 11.7 Å². The Morgan fingerprint density at radius 2 is 1.86 bits per heavy atom. The van der Waals surface area contributed by atoms with Gasteiger partial charge in [-0.1, -0.05) is 18.2 Å². The van der Waals surface area contributed by atoms with Crippen molar-refractivity contribution >= 4 is 22.5 Å². The Morgan fingerprint density at radius 3 is 2.66 bits per heavy atom. The van der Waals surface area contributed by atoms with Gasteiger partial charge in [0.15, 0.2) is 0 Å². The fraction of sp³-hybridized carbons (Fsp3) is 0.100. The van der Waals surface area contributed by atoms with Crippen LogP contribution in [0.4, 0.5) is 18.9 Å². The van der Waals surface area contributed by atoms with Gasteiger partial charge in [-0.3, -0.25) is 14.8 Å². The first-order valence-corrected chi connectivity index (χ1v) is 8.55. The van der Waals surface area contributed by atoms with Crippen molar-refractivity contribution in [2.75, 3.05) is 5.32 Å². The van der Waals surface area contributed by atoms with Crippen molar-refractivity contribution in [1.82, 2.24) is 19.5 Å². The molecule has 146 valence electrons. The molecule has 1 aromatic carbocycles. The quantitative estimate of drug-likeness (QED) is 0.559. The lowest BCUT2D eigenvalue weighted by molar-refractivity contribution is -0.141. The number of halogens is 3. The highest BCUT2D eigenvalue weighted by atomic mass is 19.4. The van der Waals surface area contributed by atoms with E-state index in [9.17, 15) is 18.0 Å². The molecule has 1 amide bonds. The Kier molecular flexibility index (Phi) is 4.50. The number of imidazole rings is 1. The second-order valence-corrected chi connectivity index (χ2v) is 6.28. The minimum Gasteiger partial charge on any atom is -0.323 e. The molecule has 0 bridgehead atoms. The van der Waals surface area contributed by atoms with Gasteiger partial charge < -0.3 is 9.88 Å². The minimum atomic E-state index is -4.59. The lowest BCUT2D eigenvalue weighted by Crippen LogP contribution is -2.17. The third kappa shape index (κ3) is 3.54. The highest BCUT2D eigenvalue weighted by Gasteiger charge is 2.32. The molecule has 0 radical (unpaired) electrons. The van der Waals surface area contributed by atoms with E-state index < -0.39 is 17.8 Å². The number of anilines is 1. The zero-order valence-electron chi connectivity index (χ0n) is 15.1. The second-order valence-electron chi connectivity index (χ2n) is 6.28. The number of alkyl halides is 3. The van der Waals surface area contributed by atoms with Crippen LogP contribution in [0, 0.1) is 0 Å². The number of pyridine rings is 2. The summed E-state index contributed by atoms with van der Waals surface area (Å²) in [5.74, 6) is -0.0385. The smallest absolute Gasteiger partial charge is 0.323 e. The Balaban J connectivity index is 1.66. The lowest BCUT2D eigenvalue weighted by Gasteiger charge is -2.10. The van der Waals surface area contributed by atoms with Crippen LogP contribution in [0.5, 0.6) is 0 Å². The number of carbonyl (C=O) groups excluding carboxylic acids is 1. The molecular weight excluding hydrogens is 383 g/mol. The van der Waals surface area contributed by atoms with E-state index in [4.69, 9.17) is 0 Å². The summed E-state index contributed by atoms with van der Waals surface area (Å²) in [6.45, 7) is 0. The van der Waals surface area contributed by atoms with E-state index in [1.54, 1.807) is 17.8 Å². The fourth-order valence-electron chi connectivity index (χ4n) is 3.03. The molecule has 3 aromatic heterocycles. The largest absolute Gasteiger partial charge is 0.433 e. The highest BCUT2D eigenvalue weighted by Crippen LogP contribution is 2.29. The number of benzene rings is 1. The van der Waals surface area contributed by atoms with Gasteiger partial charge in [0, 0.05) is 36.1 Å². The summed E-state index contributed by atoms with van der Waals surface area (Å²) in [5.41, 5.74) is 0.695. The highest BCUT2D eigenvalue weighted by molar-refractivity contribution is 6.04. The van der Waals surface area contributed by atoms with E-state index in [2.05, 4.69) is 20.3 Å². The number of aromatic nitrogens is 4. The molecule has 4 aromatic rings. The van der Waals surface area contributed by atoms with E-state index in [0.717, 1.165) is 28.7 Å². The van der Waals surface area contributed by atoms with Crippen molar-refractivity contribution in [3.05, 3.63) is 72.4 Å². The summed E-state index contributed by atoms with van der Waals surface area (Å²) in [5, 5.41) is 3.34. The van der Waals surface area contributed by atoms with Crippen LogP contribution >= 0.6 is 0 Å². The summed E-state index contributed by atoms with van der Waals surface area (Å²) < 4.78 is 40.0. The molecule has 0 atom stereocenters. The monoisotopic (exact) mass is 397 g/mol. The number of fused-ring (bicyclic) bond motifs is 1. The van der Waals surface area contributed by atoms with Crippen LogP contribution in [0.15, 0.2) is 61.1 Å². The first-order chi connectivity index (χ1) is 13.8. The summed E-state index contributed by atoms with van der Waals surface area (Å²) in [4.78, 5) is 24.5. The standard InChI is InChI=1S/C20H14F3N5O/c1-28-16(19(29)27-12-7-9-25-17(10-12)20(21,22)23)11-26-18(28)14-4-2-6-15-13(14)5-3-8-24-15/h2-11H,1H3,(H,25,27,29). The lowest BCUT2D eigenvalue weighted by atomic mass is 10.1. The van der Waals surface area contributed by atoms with Gasteiger partial charge in [0.25, 0.3) is 5.91 Å². The van der Waals surface area contributed by atoms with Crippen molar-refractivity contribution in [2.24, 2.45) is 7.05 Å². The molecular formula is C20H14F3N5O. The van der Waals surface area contributed by atoms with Crippen LogP contribution in [-0.4, -0.2) is 25.4 Å². The Bertz CT molecular complexity index is 1210. The summed E-state index contributed by atoms with van der Waals surface area (Å²) >= 11 is 0. The number of amides is 1. The molecule has 0 fully saturated rings. The molecule has 0 unspecified atom stereocenters. The maximum atomic E-state index is 12.8. The Hall–Kier alpha value is -3.75. The van der Waals surface area contributed by atoms with E-state index in [1.165, 1.54) is 12.3 Å². The first-order valence-electron chi connectivity index (χ1n) is 8.55. The van der Waals surface area contributed by atoms with Crippen LogP contribution in [0.3, 0.4) is 0 Å². The number of nitrogens with zero attached hydrogens (tertiary/aromatic N) is 4. The minimum absolute atomic E-state index is 0.00515. The van der Waals surface area contributed by atoms with Crippen LogP contribution in [0.2, 0.25) is 0 Å². The maximum absolute atomic E-state index is 12.8. The Morgan fingerprint density at radius 1 is 1.03 bits per heavy atom. The van der Waals surface area contributed by atoms with Gasteiger partial charge >= 0.3 is 6.18 Å². The number of nitrogens with one attached hydrogen (secondary N) is 1. The van der Waals surface area contributed by atoms with Crippen molar-refractivity contribution in [2.45, 2.75) is 6.18 Å². The molecule has 9 heteroatoms. The molecule has 0 spiro atoms. The summed E-state index contributed by atoms with van der Waals surface area (Å²) in [7, 11) is 1.67. The SMILES string of the molecule is Cn1c(C(=O)Nc2ccnc(C(F)(F)F)c2)cnc1-c1cccc2ncccc12. The molecule has 0 saturated carbocycles. The molecule has 29 heavy (non-hydrogen) atoms. The van der Waals surface area contributed by atoms with E-state index in [0.29, 0.717) is 5.82 Å². The molecule has 0 aliphatic rings. The third-order valence-electron chi connectivity index (χ3n) is 4.42. The van der Waals surface area contributed by atoms with Gasteiger partial charge in [0.2, 0.25) is 0 Å². The van der Waals surface area contributed by atoms with E-state index in [1.807, 2.05) is 30.3 Å². The topological polar surface area (TPSA) is 72.7 Å². The predicted molar refractivity (Wildman–Crippen MR) is 101 cm³/mol. The summed E-state index contributed by atoms with van der Waals surface area (Å²) in [6, 6.07) is 11.4. The van der Waals surface area contributed by atoms with Crippen LogP contribution in [-0.2, 0) is 13.2 Å². The zero-order valence-corrected chi connectivity index (χ0v) is 15.1. The number of hydrogen-bond acceptors (Lipinski definition) is 4. The molecule has 0 saturated heterocycles. The van der Waals surface area contributed by atoms with Gasteiger partial charge in [-0.15, -0.1) is 0 Å². The van der Waals surface area contributed by atoms with Crippen molar-refractivity contribution in [3.8, 4) is 11.4 Å². The van der Waals surface area contributed by atoms with Crippen LogP contribution in [0.1, 0.15) is 16.2 Å². The van der Waals surface area contributed by atoms with Crippen LogP contribution in [0.25, 0.3) is 22.3 Å². The number of hydrogen-bond donors (Lipinski definition) is 1. The molecule has 0 aliphatic carbocycles. The van der Waals surface area contributed by atoms with Gasteiger partial charge in [-0.05, 0) is 24.3 Å². The average Bonchev–Trinajstić information content (AvgIpc) is 3.08. The Labute approximate surface area is 163 Å². The van der Waals surface area contributed by atoms with Crippen molar-refractivity contribution < 1.29 is 18.0 Å². The molecule has 0 aliphatic heterocycles. The maximum Gasteiger partial charge on any atom is 0.433 e. The second kappa shape index (κ2) is 7.01. The van der Waals surface area contributed by atoms with Gasteiger partial charge in [0.1, 0.15) is 17.2 Å². The molecule has 3 heterocycles. The molecule has 1 N–H and O–H groups in total. The molecule has 6 nitrogen and oxygen atoms in total. The van der Waals surface area contributed by atoms with Gasteiger partial charge in [-0.2, -0.15) is 13.2 Å². The molecule has 4 rings (SSSR count). The van der Waals surface area contributed by atoms with E-state index >= 15 is 0 Å². The normalized spacial score (nSPS) is 11.6. The first kappa shape index (κ1) is 18.6. The number of rotatable bonds is 3. The third-order valence-corrected chi connectivity index (χ3v) is 4.42. The van der Waals surface area contributed by atoms with E-state index in [-0.39, 0.29) is 11.4 Å². The van der Waals surface area contributed by atoms with Crippen molar-refractivity contribution in [1.29, 1.82) is 0 Å². The average molecular weight is 397 g/mol. The predicted octanol–water partition coefficient (Wildman–Crippen LogP) is 4.30. The number of carbonyl (C=O) groups is 1. The van der Waals surface area contributed by atoms with Crippen molar-refractivity contribution in [3.63, 3.8) is 0 Å². The zero-order chi connectivity index (χ0) is 20.6. The fourth-order valence-corrected chi connectivity index (χ4v) is 3.03. The van der Waals surface area contributed by atoms with Gasteiger partial charge in [-0.25, -0.2) is 4.98 Å². The van der Waals surface area contributed by atoms with Crippen LogP contribution < -0.4 is 5.32 Å².